The third-order valence-electron chi connectivity index (χ3n) is 4.68. The molecule has 3 aromatic rings. The van der Waals surface area contributed by atoms with E-state index in [4.69, 9.17) is 9.47 Å². The zero-order chi connectivity index (χ0) is 18.8. The Labute approximate surface area is 156 Å². The van der Waals surface area contributed by atoms with Crippen LogP contribution in [0.1, 0.15) is 30.5 Å². The van der Waals surface area contributed by atoms with Gasteiger partial charge in [0.15, 0.2) is 11.5 Å². The van der Waals surface area contributed by atoms with Crippen molar-refractivity contribution in [3.05, 3.63) is 65.9 Å². The Morgan fingerprint density at radius 3 is 2.81 bits per heavy atom. The van der Waals surface area contributed by atoms with Crippen molar-refractivity contribution < 1.29 is 14.3 Å². The van der Waals surface area contributed by atoms with Gasteiger partial charge in [-0.05, 0) is 17.6 Å². The normalized spacial score (nSPS) is 16.3. The van der Waals surface area contributed by atoms with Crippen LogP contribution in [0.15, 0.2) is 54.6 Å². The summed E-state index contributed by atoms with van der Waals surface area (Å²) in [6.07, 6.45) is 5.71. The molecule has 1 aliphatic heterocycles. The molecule has 1 atom stereocenters. The fourth-order valence-corrected chi connectivity index (χ4v) is 3.34. The molecule has 1 aromatic carbocycles. The van der Waals surface area contributed by atoms with Crippen LogP contribution in [0.3, 0.4) is 0 Å². The van der Waals surface area contributed by atoms with E-state index in [1.54, 1.807) is 24.0 Å². The van der Waals surface area contributed by atoms with Crippen LogP contribution in [0.2, 0.25) is 0 Å². The Kier molecular flexibility index (Phi) is 4.50. The van der Waals surface area contributed by atoms with E-state index >= 15 is 0 Å². The highest BCUT2D eigenvalue weighted by Crippen LogP contribution is 2.40. The third-order valence-corrected chi connectivity index (χ3v) is 4.68. The lowest BCUT2D eigenvalue weighted by molar-refractivity contribution is -0.120. The molecule has 0 saturated carbocycles. The van der Waals surface area contributed by atoms with Gasteiger partial charge in [-0.3, -0.25) is 4.79 Å². The van der Waals surface area contributed by atoms with Crippen LogP contribution in [-0.4, -0.2) is 27.6 Å². The molecular formula is C20H20N4O3. The molecule has 0 radical (unpaired) electrons. The monoisotopic (exact) mass is 364 g/mol. The van der Waals surface area contributed by atoms with Crippen molar-refractivity contribution in [3.8, 4) is 11.5 Å². The largest absolute Gasteiger partial charge is 0.491 e. The molecule has 1 aliphatic rings. The Bertz CT molecular complexity index is 1010. The maximum atomic E-state index is 12.4. The van der Waals surface area contributed by atoms with Crippen LogP contribution in [0.25, 0.3) is 5.52 Å². The number of aromatic nitrogens is 3. The zero-order valence-electron chi connectivity index (χ0n) is 15.2. The quantitative estimate of drug-likeness (QED) is 0.728. The minimum absolute atomic E-state index is 0.0949. The summed E-state index contributed by atoms with van der Waals surface area (Å²) in [5.41, 5.74) is 3.28. The average Bonchev–Trinajstić information content (AvgIpc) is 3.26. The van der Waals surface area contributed by atoms with E-state index in [1.165, 1.54) is 6.33 Å². The molecule has 1 unspecified atom stereocenters. The summed E-state index contributed by atoms with van der Waals surface area (Å²) in [6.45, 7) is 2.42. The summed E-state index contributed by atoms with van der Waals surface area (Å²) < 4.78 is 13.2. The second kappa shape index (κ2) is 7.11. The molecule has 0 bridgehead atoms. The fraction of sp³-hybridized carbons (Fsp3) is 0.250. The van der Waals surface area contributed by atoms with E-state index in [2.05, 4.69) is 15.4 Å². The molecule has 3 heterocycles. The molecule has 4 rings (SSSR count). The Morgan fingerprint density at radius 1 is 1.26 bits per heavy atom. The number of benzene rings is 1. The Morgan fingerprint density at radius 2 is 2.07 bits per heavy atom. The topological polar surface area (TPSA) is 77.8 Å². The first-order chi connectivity index (χ1) is 13.2. The van der Waals surface area contributed by atoms with Gasteiger partial charge in [-0.25, -0.2) is 9.50 Å². The zero-order valence-corrected chi connectivity index (χ0v) is 15.2. The van der Waals surface area contributed by atoms with E-state index in [0.717, 1.165) is 17.6 Å². The van der Waals surface area contributed by atoms with Gasteiger partial charge in [0.1, 0.15) is 24.4 Å². The predicted octanol–water partition coefficient (Wildman–Crippen LogP) is 2.82. The Hall–Kier alpha value is -3.35. The molecule has 2 aromatic heterocycles. The second-order valence-corrected chi connectivity index (χ2v) is 6.25. The van der Waals surface area contributed by atoms with Crippen molar-refractivity contribution in [2.75, 3.05) is 7.11 Å². The first-order valence-corrected chi connectivity index (χ1v) is 8.79. The van der Waals surface area contributed by atoms with Crippen molar-refractivity contribution in [2.45, 2.75) is 25.9 Å². The predicted molar refractivity (Wildman–Crippen MR) is 99.6 cm³/mol. The van der Waals surface area contributed by atoms with Crippen molar-refractivity contribution in [1.29, 1.82) is 0 Å². The van der Waals surface area contributed by atoms with Gasteiger partial charge >= 0.3 is 0 Å². The van der Waals surface area contributed by atoms with Crippen molar-refractivity contribution in [1.82, 2.24) is 19.9 Å². The minimum atomic E-state index is -0.453. The number of hydrogen-bond acceptors (Lipinski definition) is 5. The lowest BCUT2D eigenvalue weighted by Gasteiger charge is -2.13. The first-order valence-electron chi connectivity index (χ1n) is 8.79. The van der Waals surface area contributed by atoms with Crippen LogP contribution in [0.4, 0.5) is 0 Å². The summed E-state index contributed by atoms with van der Waals surface area (Å²) in [4.78, 5) is 16.8. The lowest BCUT2D eigenvalue weighted by Crippen LogP contribution is -2.20. The number of fused-ring (bicyclic) bond motifs is 1. The maximum Gasteiger partial charge on any atom is 0.237 e. The molecule has 0 aliphatic carbocycles. The number of methoxy groups -OCH3 is 1. The molecule has 1 amide bonds. The van der Waals surface area contributed by atoms with Crippen molar-refractivity contribution in [3.63, 3.8) is 0 Å². The lowest BCUT2D eigenvalue weighted by atomic mass is 9.95. The van der Waals surface area contributed by atoms with Gasteiger partial charge in [0.2, 0.25) is 5.91 Å². The van der Waals surface area contributed by atoms with Crippen molar-refractivity contribution in [2.24, 2.45) is 0 Å². The minimum Gasteiger partial charge on any atom is -0.491 e. The maximum absolute atomic E-state index is 12.4. The van der Waals surface area contributed by atoms with Gasteiger partial charge in [-0.15, -0.1) is 0 Å². The van der Waals surface area contributed by atoms with E-state index < -0.39 is 5.92 Å². The standard InChI is InChI=1S/C20H20N4O3/c1-3-14-9-21-20(25)16(14)17-18-19(26-2)15(10-24(18)23-12-22-17)27-11-13-7-5-4-6-8-13/h4-10,12,16H,3,11H2,1-2H3,(H,21,25). The summed E-state index contributed by atoms with van der Waals surface area (Å²) in [6, 6.07) is 9.88. The summed E-state index contributed by atoms with van der Waals surface area (Å²) >= 11 is 0. The van der Waals surface area contributed by atoms with E-state index in [9.17, 15) is 4.79 Å². The highest BCUT2D eigenvalue weighted by molar-refractivity contribution is 5.93. The van der Waals surface area contributed by atoms with Crippen LogP contribution < -0.4 is 14.8 Å². The molecule has 7 heteroatoms. The SMILES string of the molecule is CCC1=CNC(=O)C1c1ncnn2cc(OCc3ccccc3)c(OC)c12. The summed E-state index contributed by atoms with van der Waals surface area (Å²) in [5, 5.41) is 7.05. The number of carbonyl (C=O) groups is 1. The molecule has 138 valence electrons. The molecular weight excluding hydrogens is 344 g/mol. The number of hydrogen-bond donors (Lipinski definition) is 1. The van der Waals surface area contributed by atoms with Gasteiger partial charge in [0.25, 0.3) is 0 Å². The average molecular weight is 364 g/mol. The van der Waals surface area contributed by atoms with E-state index in [-0.39, 0.29) is 5.91 Å². The third kappa shape index (κ3) is 3.01. The summed E-state index contributed by atoms with van der Waals surface area (Å²) in [7, 11) is 1.58. The molecule has 0 saturated heterocycles. The van der Waals surface area contributed by atoms with Crippen LogP contribution in [0.5, 0.6) is 11.5 Å². The second-order valence-electron chi connectivity index (χ2n) is 6.25. The van der Waals surface area contributed by atoms with E-state index in [0.29, 0.717) is 29.3 Å². The van der Waals surface area contributed by atoms with Gasteiger partial charge in [0, 0.05) is 6.20 Å². The highest BCUT2D eigenvalue weighted by Gasteiger charge is 2.33. The Balaban J connectivity index is 1.75. The molecule has 0 fully saturated rings. The summed E-state index contributed by atoms with van der Waals surface area (Å²) in [5.74, 6) is 0.536. The van der Waals surface area contributed by atoms with Gasteiger partial charge < -0.3 is 14.8 Å². The molecule has 0 spiro atoms. The van der Waals surface area contributed by atoms with Crippen LogP contribution in [0, 0.1) is 0 Å². The van der Waals surface area contributed by atoms with E-state index in [1.807, 2.05) is 37.3 Å². The van der Waals surface area contributed by atoms with Crippen LogP contribution in [-0.2, 0) is 11.4 Å². The van der Waals surface area contributed by atoms with Gasteiger partial charge in [-0.1, -0.05) is 37.3 Å². The van der Waals surface area contributed by atoms with Gasteiger partial charge in [0.05, 0.1) is 19.0 Å². The number of rotatable bonds is 6. The number of carbonyl (C=O) groups excluding carboxylic acids is 1. The van der Waals surface area contributed by atoms with Crippen LogP contribution >= 0.6 is 0 Å². The molecule has 7 nitrogen and oxygen atoms in total. The first kappa shape index (κ1) is 17.1. The van der Waals surface area contributed by atoms with Crippen molar-refractivity contribution >= 4 is 11.4 Å². The molecule has 27 heavy (non-hydrogen) atoms. The number of nitrogens with one attached hydrogen (secondary N) is 1. The highest BCUT2D eigenvalue weighted by atomic mass is 16.5. The number of ether oxygens (including phenoxy) is 2. The number of nitrogens with zero attached hydrogens (tertiary/aromatic N) is 3. The van der Waals surface area contributed by atoms with Gasteiger partial charge in [-0.2, -0.15) is 5.10 Å². The molecule has 1 N–H and O–H groups in total. The smallest absolute Gasteiger partial charge is 0.237 e. The number of amides is 1. The fourth-order valence-electron chi connectivity index (χ4n) is 3.34.